The van der Waals surface area contributed by atoms with Gasteiger partial charge in [-0.3, -0.25) is 14.6 Å². The number of fused-ring (bicyclic) bond motifs is 1. The fourth-order valence-electron chi connectivity index (χ4n) is 3.87. The Kier molecular flexibility index (Phi) is 6.95. The van der Waals surface area contributed by atoms with Crippen molar-refractivity contribution < 1.29 is 23.8 Å². The van der Waals surface area contributed by atoms with Crippen molar-refractivity contribution in [2.45, 2.75) is 0 Å². The largest absolute Gasteiger partial charge is 0.493 e. The van der Waals surface area contributed by atoms with Gasteiger partial charge in [0.05, 0.1) is 45.1 Å². The number of benzene rings is 2. The molecule has 4 rings (SSSR count). The van der Waals surface area contributed by atoms with Gasteiger partial charge in [-0.25, -0.2) is 4.98 Å². The number of rotatable bonds is 7. The normalized spacial score (nSPS) is 13.5. The molecule has 0 atom stereocenters. The number of ether oxygens (including phenoxy) is 3. The van der Waals surface area contributed by atoms with Crippen molar-refractivity contribution in [2.24, 2.45) is 0 Å². The molecule has 1 N–H and O–H groups in total. The third-order valence-corrected chi connectivity index (χ3v) is 5.72. The molecule has 178 valence electrons. The Hall–Kier alpha value is -4.08. The molecule has 1 aliphatic heterocycles. The highest BCUT2D eigenvalue weighted by atomic mass is 16.5. The molecule has 1 saturated heterocycles. The second-order valence-corrected chi connectivity index (χ2v) is 7.68. The first kappa shape index (κ1) is 23.1. The van der Waals surface area contributed by atoms with Gasteiger partial charge >= 0.3 is 0 Å². The van der Waals surface area contributed by atoms with Crippen molar-refractivity contribution in [3.8, 4) is 17.2 Å². The van der Waals surface area contributed by atoms with Crippen molar-refractivity contribution in [3.05, 3.63) is 48.2 Å². The molecule has 0 spiro atoms. The number of amides is 2. The van der Waals surface area contributed by atoms with Gasteiger partial charge in [0.2, 0.25) is 11.7 Å². The fraction of sp³-hybridized carbons (Fsp3) is 0.333. The molecular formula is C24H27N5O5. The van der Waals surface area contributed by atoms with Gasteiger partial charge in [-0.1, -0.05) is 12.1 Å². The van der Waals surface area contributed by atoms with Gasteiger partial charge < -0.3 is 29.3 Å². The van der Waals surface area contributed by atoms with E-state index in [1.54, 1.807) is 23.2 Å². The number of para-hydroxylation sites is 2. The molecule has 0 unspecified atom stereocenters. The first-order valence-electron chi connectivity index (χ1n) is 10.9. The van der Waals surface area contributed by atoms with Crippen LogP contribution in [0.25, 0.3) is 11.0 Å². The number of hydrogen-bond donors (Lipinski definition) is 1. The Morgan fingerprint density at radius 1 is 0.941 bits per heavy atom. The number of nitrogens with zero attached hydrogens (tertiary/aromatic N) is 4. The molecule has 0 bridgehead atoms. The summed E-state index contributed by atoms with van der Waals surface area (Å²) >= 11 is 0. The van der Waals surface area contributed by atoms with Crippen molar-refractivity contribution >= 4 is 28.7 Å². The van der Waals surface area contributed by atoms with Gasteiger partial charge in [0.1, 0.15) is 5.82 Å². The lowest BCUT2D eigenvalue weighted by molar-refractivity contribution is -0.130. The summed E-state index contributed by atoms with van der Waals surface area (Å²) in [5.74, 6) is 1.37. The standard InChI is InChI=1S/C24H27N5O5/c1-32-19-12-16(13-20(33-2)23(19)34-3)24(31)26-15-22(30)29-10-8-28(9-11-29)21-14-25-17-6-4-5-7-18(17)27-21/h4-7,12-14H,8-11,15H2,1-3H3,(H,26,31). The summed E-state index contributed by atoms with van der Waals surface area (Å²) in [6.07, 6.45) is 1.76. The molecule has 10 nitrogen and oxygen atoms in total. The minimum absolute atomic E-state index is 0.106. The Morgan fingerprint density at radius 2 is 1.59 bits per heavy atom. The van der Waals surface area contributed by atoms with Crippen LogP contribution >= 0.6 is 0 Å². The van der Waals surface area contributed by atoms with Crippen LogP contribution in [0.15, 0.2) is 42.6 Å². The lowest BCUT2D eigenvalue weighted by Crippen LogP contribution is -2.51. The van der Waals surface area contributed by atoms with E-state index in [2.05, 4.69) is 20.2 Å². The molecule has 2 aromatic carbocycles. The number of methoxy groups -OCH3 is 3. The smallest absolute Gasteiger partial charge is 0.251 e. The number of carbonyl (C=O) groups is 2. The summed E-state index contributed by atoms with van der Waals surface area (Å²) in [6, 6.07) is 10.8. The van der Waals surface area contributed by atoms with Crippen LogP contribution in [0.4, 0.5) is 5.82 Å². The van der Waals surface area contributed by atoms with E-state index in [1.807, 2.05) is 24.3 Å². The number of carbonyl (C=O) groups excluding carboxylic acids is 2. The monoisotopic (exact) mass is 465 g/mol. The predicted octanol–water partition coefficient (Wildman–Crippen LogP) is 1.73. The summed E-state index contributed by atoms with van der Waals surface area (Å²) < 4.78 is 15.8. The Balaban J connectivity index is 1.33. The maximum Gasteiger partial charge on any atom is 0.251 e. The summed E-state index contributed by atoms with van der Waals surface area (Å²) in [5.41, 5.74) is 2.00. The van der Waals surface area contributed by atoms with E-state index in [4.69, 9.17) is 14.2 Å². The van der Waals surface area contributed by atoms with E-state index in [0.29, 0.717) is 49.0 Å². The first-order valence-corrected chi connectivity index (χ1v) is 10.9. The van der Waals surface area contributed by atoms with E-state index in [9.17, 15) is 9.59 Å². The number of hydrogen-bond acceptors (Lipinski definition) is 8. The zero-order valence-electron chi connectivity index (χ0n) is 19.4. The maximum absolute atomic E-state index is 12.7. The summed E-state index contributed by atoms with van der Waals surface area (Å²) in [4.78, 5) is 38.3. The minimum atomic E-state index is -0.405. The molecule has 2 amide bonds. The molecule has 34 heavy (non-hydrogen) atoms. The number of anilines is 1. The van der Waals surface area contributed by atoms with E-state index >= 15 is 0 Å². The quantitative estimate of drug-likeness (QED) is 0.563. The predicted molar refractivity (Wildman–Crippen MR) is 127 cm³/mol. The summed E-state index contributed by atoms with van der Waals surface area (Å²) in [5, 5.41) is 2.68. The topological polar surface area (TPSA) is 106 Å². The van der Waals surface area contributed by atoms with Crippen LogP contribution in [0.2, 0.25) is 0 Å². The van der Waals surface area contributed by atoms with Gasteiger partial charge in [0.25, 0.3) is 5.91 Å². The average molecular weight is 466 g/mol. The zero-order chi connectivity index (χ0) is 24.1. The highest BCUT2D eigenvalue weighted by Gasteiger charge is 2.23. The van der Waals surface area contributed by atoms with E-state index in [0.717, 1.165) is 16.9 Å². The van der Waals surface area contributed by atoms with Crippen LogP contribution in [-0.2, 0) is 4.79 Å². The second-order valence-electron chi connectivity index (χ2n) is 7.68. The van der Waals surface area contributed by atoms with Gasteiger partial charge in [-0.2, -0.15) is 0 Å². The molecule has 3 aromatic rings. The molecule has 2 heterocycles. The summed E-state index contributed by atoms with van der Waals surface area (Å²) in [7, 11) is 4.45. The Bertz CT molecular complexity index is 1170. The molecule has 0 saturated carbocycles. The van der Waals surface area contributed by atoms with Gasteiger partial charge in [-0.05, 0) is 24.3 Å². The highest BCUT2D eigenvalue weighted by Crippen LogP contribution is 2.38. The molecule has 1 aromatic heterocycles. The minimum Gasteiger partial charge on any atom is -0.493 e. The molecule has 1 aliphatic rings. The lowest BCUT2D eigenvalue weighted by atomic mass is 10.1. The number of piperazine rings is 1. The molecule has 10 heteroatoms. The van der Waals surface area contributed by atoms with Crippen molar-refractivity contribution in [1.82, 2.24) is 20.2 Å². The second kappa shape index (κ2) is 10.2. The van der Waals surface area contributed by atoms with E-state index < -0.39 is 5.91 Å². The van der Waals surface area contributed by atoms with Gasteiger partial charge in [-0.15, -0.1) is 0 Å². The van der Waals surface area contributed by atoms with Crippen LogP contribution in [0.3, 0.4) is 0 Å². The van der Waals surface area contributed by atoms with E-state index in [1.165, 1.54) is 21.3 Å². The van der Waals surface area contributed by atoms with Gasteiger partial charge in [0, 0.05) is 31.7 Å². The Morgan fingerprint density at radius 3 is 2.21 bits per heavy atom. The molecule has 0 radical (unpaired) electrons. The zero-order valence-corrected chi connectivity index (χ0v) is 19.4. The van der Waals surface area contributed by atoms with Crippen molar-refractivity contribution in [3.63, 3.8) is 0 Å². The van der Waals surface area contributed by atoms with Crippen LogP contribution in [-0.4, -0.2) is 80.7 Å². The van der Waals surface area contributed by atoms with Crippen LogP contribution in [0.1, 0.15) is 10.4 Å². The number of nitrogens with one attached hydrogen (secondary N) is 1. The molecular weight excluding hydrogens is 438 g/mol. The molecule has 0 aliphatic carbocycles. The van der Waals surface area contributed by atoms with Crippen LogP contribution in [0, 0.1) is 0 Å². The maximum atomic E-state index is 12.7. The number of aromatic nitrogens is 2. The van der Waals surface area contributed by atoms with E-state index in [-0.39, 0.29) is 12.5 Å². The third kappa shape index (κ3) is 4.80. The summed E-state index contributed by atoms with van der Waals surface area (Å²) in [6.45, 7) is 2.24. The molecule has 1 fully saturated rings. The van der Waals surface area contributed by atoms with Gasteiger partial charge in [0.15, 0.2) is 11.5 Å². The van der Waals surface area contributed by atoms with Crippen LogP contribution in [0.5, 0.6) is 17.2 Å². The Labute approximate surface area is 197 Å². The van der Waals surface area contributed by atoms with Crippen molar-refractivity contribution in [2.75, 3.05) is 59.0 Å². The van der Waals surface area contributed by atoms with Crippen molar-refractivity contribution in [1.29, 1.82) is 0 Å². The SMILES string of the molecule is COc1cc(C(=O)NCC(=O)N2CCN(c3cnc4ccccc4n3)CC2)cc(OC)c1OC. The third-order valence-electron chi connectivity index (χ3n) is 5.72. The average Bonchev–Trinajstić information content (AvgIpc) is 2.90. The van der Waals surface area contributed by atoms with Crippen LogP contribution < -0.4 is 24.4 Å². The fourth-order valence-corrected chi connectivity index (χ4v) is 3.87. The lowest BCUT2D eigenvalue weighted by Gasteiger charge is -2.35. The first-order chi connectivity index (χ1) is 16.5. The highest BCUT2D eigenvalue weighted by molar-refractivity contribution is 5.97.